The quantitative estimate of drug-likeness (QED) is 0.783. The standard InChI is InChI=1S/C18H23NO4/c1-21-14-6-4-13(5-7-14)11-19-12-17(20)16-10-15(22-2)8-9-18(16)23-3/h4-10,17,19-20H,11-12H2,1-3H3/t17-/m0/s1. The number of benzene rings is 2. The predicted molar refractivity (Wildman–Crippen MR) is 89.2 cm³/mol. The molecule has 5 heteroatoms. The summed E-state index contributed by atoms with van der Waals surface area (Å²) in [6.07, 6.45) is -0.682. The molecular formula is C18H23NO4. The molecule has 0 aliphatic heterocycles. The van der Waals surface area contributed by atoms with E-state index in [9.17, 15) is 5.11 Å². The fourth-order valence-corrected chi connectivity index (χ4v) is 2.31. The highest BCUT2D eigenvalue weighted by molar-refractivity contribution is 5.41. The Morgan fingerprint density at radius 3 is 2.17 bits per heavy atom. The summed E-state index contributed by atoms with van der Waals surface area (Å²) in [5.74, 6) is 2.16. The third kappa shape index (κ3) is 4.61. The molecule has 0 spiro atoms. The third-order valence-corrected chi connectivity index (χ3v) is 3.62. The lowest BCUT2D eigenvalue weighted by atomic mass is 10.1. The van der Waals surface area contributed by atoms with Crippen molar-refractivity contribution in [3.05, 3.63) is 53.6 Å². The number of aliphatic hydroxyl groups excluding tert-OH is 1. The molecule has 2 N–H and O–H groups in total. The molecule has 0 heterocycles. The minimum atomic E-state index is -0.682. The molecule has 0 fully saturated rings. The molecule has 0 saturated heterocycles. The van der Waals surface area contributed by atoms with Crippen LogP contribution in [0.25, 0.3) is 0 Å². The summed E-state index contributed by atoms with van der Waals surface area (Å²) in [5, 5.41) is 13.6. The molecule has 23 heavy (non-hydrogen) atoms. The SMILES string of the molecule is COc1ccc(CNC[C@H](O)c2cc(OC)ccc2OC)cc1. The van der Waals surface area contributed by atoms with Crippen LogP contribution in [0.15, 0.2) is 42.5 Å². The second-order valence-corrected chi connectivity index (χ2v) is 5.10. The van der Waals surface area contributed by atoms with E-state index in [1.54, 1.807) is 39.5 Å². The first-order chi connectivity index (χ1) is 11.2. The molecule has 2 aromatic rings. The Bertz CT molecular complexity index is 613. The van der Waals surface area contributed by atoms with Gasteiger partial charge in [-0.05, 0) is 35.9 Å². The lowest BCUT2D eigenvalue weighted by Crippen LogP contribution is -2.21. The van der Waals surface area contributed by atoms with Gasteiger partial charge in [-0.15, -0.1) is 0 Å². The second-order valence-electron chi connectivity index (χ2n) is 5.10. The number of hydrogen-bond donors (Lipinski definition) is 2. The highest BCUT2D eigenvalue weighted by Gasteiger charge is 2.14. The third-order valence-electron chi connectivity index (χ3n) is 3.62. The molecule has 2 aromatic carbocycles. The van der Waals surface area contributed by atoms with E-state index in [4.69, 9.17) is 14.2 Å². The highest BCUT2D eigenvalue weighted by atomic mass is 16.5. The van der Waals surface area contributed by atoms with Gasteiger partial charge in [-0.25, -0.2) is 0 Å². The topological polar surface area (TPSA) is 60.0 Å². The molecule has 0 bridgehead atoms. The number of hydrogen-bond acceptors (Lipinski definition) is 5. The Balaban J connectivity index is 1.94. The minimum absolute atomic E-state index is 0.412. The largest absolute Gasteiger partial charge is 0.497 e. The van der Waals surface area contributed by atoms with Crippen molar-refractivity contribution < 1.29 is 19.3 Å². The zero-order valence-electron chi connectivity index (χ0n) is 13.7. The molecule has 0 amide bonds. The zero-order chi connectivity index (χ0) is 16.7. The first kappa shape index (κ1) is 17.1. The number of methoxy groups -OCH3 is 3. The smallest absolute Gasteiger partial charge is 0.124 e. The van der Waals surface area contributed by atoms with E-state index >= 15 is 0 Å². The molecule has 2 rings (SSSR count). The minimum Gasteiger partial charge on any atom is -0.497 e. The number of rotatable bonds is 8. The van der Waals surface area contributed by atoms with Crippen LogP contribution in [0.3, 0.4) is 0 Å². The maximum atomic E-state index is 10.4. The van der Waals surface area contributed by atoms with Crippen molar-refractivity contribution in [3.63, 3.8) is 0 Å². The van der Waals surface area contributed by atoms with Crippen molar-refractivity contribution in [2.45, 2.75) is 12.6 Å². The van der Waals surface area contributed by atoms with Gasteiger partial charge in [-0.1, -0.05) is 12.1 Å². The van der Waals surface area contributed by atoms with Crippen molar-refractivity contribution in [1.82, 2.24) is 5.32 Å². The summed E-state index contributed by atoms with van der Waals surface area (Å²) in [7, 11) is 4.83. The molecule has 0 aliphatic rings. The molecule has 0 radical (unpaired) electrons. The average Bonchev–Trinajstić information content (AvgIpc) is 2.61. The van der Waals surface area contributed by atoms with Gasteiger partial charge in [0.05, 0.1) is 27.4 Å². The van der Waals surface area contributed by atoms with Crippen LogP contribution in [0.4, 0.5) is 0 Å². The Morgan fingerprint density at radius 1 is 0.913 bits per heavy atom. The molecule has 5 nitrogen and oxygen atoms in total. The average molecular weight is 317 g/mol. The monoisotopic (exact) mass is 317 g/mol. The maximum Gasteiger partial charge on any atom is 0.124 e. The zero-order valence-corrected chi connectivity index (χ0v) is 13.7. The van der Waals surface area contributed by atoms with Gasteiger partial charge in [0.25, 0.3) is 0 Å². The normalized spacial score (nSPS) is 11.8. The fourth-order valence-electron chi connectivity index (χ4n) is 2.31. The summed E-state index contributed by atoms with van der Waals surface area (Å²) < 4.78 is 15.6. The van der Waals surface area contributed by atoms with Gasteiger partial charge in [0.2, 0.25) is 0 Å². The predicted octanol–water partition coefficient (Wildman–Crippen LogP) is 2.54. The van der Waals surface area contributed by atoms with Crippen LogP contribution < -0.4 is 19.5 Å². The lowest BCUT2D eigenvalue weighted by Gasteiger charge is -2.16. The van der Waals surface area contributed by atoms with Crippen molar-refractivity contribution in [1.29, 1.82) is 0 Å². The lowest BCUT2D eigenvalue weighted by molar-refractivity contribution is 0.169. The number of ether oxygens (including phenoxy) is 3. The Kier molecular flexibility index (Phi) is 6.26. The second kappa shape index (κ2) is 8.41. The van der Waals surface area contributed by atoms with E-state index < -0.39 is 6.10 Å². The van der Waals surface area contributed by atoms with Gasteiger partial charge in [0, 0.05) is 18.7 Å². The van der Waals surface area contributed by atoms with Crippen LogP contribution in [0.2, 0.25) is 0 Å². The first-order valence-corrected chi connectivity index (χ1v) is 7.41. The van der Waals surface area contributed by atoms with Crippen LogP contribution in [0, 0.1) is 0 Å². The molecule has 0 unspecified atom stereocenters. The molecule has 0 saturated carbocycles. The maximum absolute atomic E-state index is 10.4. The van der Waals surface area contributed by atoms with Gasteiger partial charge in [0.1, 0.15) is 17.2 Å². The molecule has 124 valence electrons. The van der Waals surface area contributed by atoms with Gasteiger partial charge < -0.3 is 24.6 Å². The Morgan fingerprint density at radius 2 is 1.57 bits per heavy atom. The first-order valence-electron chi connectivity index (χ1n) is 7.41. The van der Waals surface area contributed by atoms with E-state index in [1.807, 2.05) is 24.3 Å². The number of aliphatic hydroxyl groups is 1. The Labute approximate surface area is 136 Å². The molecular weight excluding hydrogens is 294 g/mol. The van der Waals surface area contributed by atoms with Crippen molar-refractivity contribution in [3.8, 4) is 17.2 Å². The van der Waals surface area contributed by atoms with Crippen LogP contribution in [-0.2, 0) is 6.54 Å². The van der Waals surface area contributed by atoms with E-state index in [1.165, 1.54) is 0 Å². The number of nitrogens with one attached hydrogen (secondary N) is 1. The van der Waals surface area contributed by atoms with Crippen molar-refractivity contribution >= 4 is 0 Å². The molecule has 0 aromatic heterocycles. The van der Waals surface area contributed by atoms with Crippen LogP contribution >= 0.6 is 0 Å². The van der Waals surface area contributed by atoms with Crippen LogP contribution in [0.5, 0.6) is 17.2 Å². The highest BCUT2D eigenvalue weighted by Crippen LogP contribution is 2.29. The van der Waals surface area contributed by atoms with E-state index in [0.717, 1.165) is 11.3 Å². The fraction of sp³-hybridized carbons (Fsp3) is 0.333. The summed E-state index contributed by atoms with van der Waals surface area (Å²) in [5.41, 5.74) is 1.82. The van der Waals surface area contributed by atoms with Crippen molar-refractivity contribution in [2.75, 3.05) is 27.9 Å². The summed E-state index contributed by atoms with van der Waals surface area (Å²) in [6.45, 7) is 1.07. The summed E-state index contributed by atoms with van der Waals surface area (Å²) in [4.78, 5) is 0. The summed E-state index contributed by atoms with van der Waals surface area (Å²) >= 11 is 0. The van der Waals surface area contributed by atoms with Crippen LogP contribution in [0.1, 0.15) is 17.2 Å². The van der Waals surface area contributed by atoms with Gasteiger partial charge in [-0.3, -0.25) is 0 Å². The molecule has 1 atom stereocenters. The van der Waals surface area contributed by atoms with E-state index in [0.29, 0.717) is 30.2 Å². The van der Waals surface area contributed by atoms with Gasteiger partial charge in [0.15, 0.2) is 0 Å². The Hall–Kier alpha value is -2.24. The molecule has 0 aliphatic carbocycles. The van der Waals surface area contributed by atoms with Gasteiger partial charge >= 0.3 is 0 Å². The van der Waals surface area contributed by atoms with Gasteiger partial charge in [-0.2, -0.15) is 0 Å². The van der Waals surface area contributed by atoms with Crippen molar-refractivity contribution in [2.24, 2.45) is 0 Å². The van der Waals surface area contributed by atoms with Crippen LogP contribution in [-0.4, -0.2) is 33.0 Å². The van der Waals surface area contributed by atoms with E-state index in [2.05, 4.69) is 5.32 Å². The summed E-state index contributed by atoms with van der Waals surface area (Å²) in [6, 6.07) is 13.2. The van der Waals surface area contributed by atoms with E-state index in [-0.39, 0.29) is 0 Å².